The predicted molar refractivity (Wildman–Crippen MR) is 99.6 cm³/mol. The van der Waals surface area contributed by atoms with E-state index in [2.05, 4.69) is 10.3 Å². The van der Waals surface area contributed by atoms with Crippen LogP contribution >= 0.6 is 0 Å². The van der Waals surface area contributed by atoms with Gasteiger partial charge in [0.2, 0.25) is 0 Å². The molecule has 0 spiro atoms. The van der Waals surface area contributed by atoms with Crippen LogP contribution in [0.25, 0.3) is 0 Å². The fraction of sp³-hybridized carbons (Fsp3) is 0.350. The third-order valence-electron chi connectivity index (χ3n) is 4.36. The Morgan fingerprint density at radius 2 is 1.80 bits per heavy atom. The Morgan fingerprint density at radius 1 is 1.16 bits per heavy atom. The van der Waals surface area contributed by atoms with Gasteiger partial charge in [-0.25, -0.2) is 4.39 Å². The van der Waals surface area contributed by atoms with Crippen LogP contribution in [0.1, 0.15) is 32.3 Å². The van der Waals surface area contributed by atoms with Gasteiger partial charge >= 0.3 is 0 Å². The number of hydrogen-bond donors (Lipinski definition) is 2. The number of nitrogens with zero attached hydrogens (tertiary/aromatic N) is 1. The molecule has 2 aromatic rings. The molecule has 0 aliphatic heterocycles. The summed E-state index contributed by atoms with van der Waals surface area (Å²) in [6.45, 7) is 4.59. The van der Waals surface area contributed by atoms with Crippen LogP contribution in [0.5, 0.6) is 5.75 Å². The van der Waals surface area contributed by atoms with Crippen molar-refractivity contribution in [2.75, 3.05) is 11.9 Å². The van der Waals surface area contributed by atoms with E-state index in [-0.39, 0.29) is 17.3 Å². The van der Waals surface area contributed by atoms with Gasteiger partial charge < -0.3 is 15.8 Å². The molecule has 4 nitrogen and oxygen atoms in total. The van der Waals surface area contributed by atoms with Crippen LogP contribution in [0.2, 0.25) is 0 Å². The van der Waals surface area contributed by atoms with Gasteiger partial charge in [-0.05, 0) is 68.7 Å². The highest BCUT2D eigenvalue weighted by molar-refractivity contribution is 5.92. The van der Waals surface area contributed by atoms with Crippen molar-refractivity contribution >= 4 is 11.6 Å². The predicted octanol–water partition coefficient (Wildman–Crippen LogP) is 4.07. The summed E-state index contributed by atoms with van der Waals surface area (Å²) in [7, 11) is 0. The van der Waals surface area contributed by atoms with Crippen LogP contribution in [0.4, 0.5) is 10.1 Å². The summed E-state index contributed by atoms with van der Waals surface area (Å²) >= 11 is 0. The molecule has 3 rings (SSSR count). The van der Waals surface area contributed by atoms with E-state index in [4.69, 9.17) is 10.5 Å². The van der Waals surface area contributed by atoms with Crippen LogP contribution in [0.15, 0.2) is 53.5 Å². The smallest absolute Gasteiger partial charge is 0.193 e. The van der Waals surface area contributed by atoms with E-state index in [1.54, 1.807) is 0 Å². The van der Waals surface area contributed by atoms with Gasteiger partial charge in [0, 0.05) is 11.1 Å². The molecule has 0 saturated heterocycles. The topological polar surface area (TPSA) is 59.6 Å². The highest BCUT2D eigenvalue weighted by atomic mass is 19.1. The van der Waals surface area contributed by atoms with Crippen LogP contribution in [-0.2, 0) is 5.41 Å². The second kappa shape index (κ2) is 7.13. The van der Waals surface area contributed by atoms with Crippen molar-refractivity contribution in [3.05, 3.63) is 59.9 Å². The number of aliphatic imine (C=N–C) groups is 1. The van der Waals surface area contributed by atoms with E-state index in [1.165, 1.54) is 12.1 Å². The average Bonchev–Trinajstić information content (AvgIpc) is 3.36. The van der Waals surface area contributed by atoms with Gasteiger partial charge in [-0.1, -0.05) is 12.1 Å². The molecule has 1 fully saturated rings. The summed E-state index contributed by atoms with van der Waals surface area (Å²) in [6.07, 6.45) is 2.25. The lowest BCUT2D eigenvalue weighted by molar-refractivity contribution is 0.242. The second-order valence-electron chi connectivity index (χ2n) is 6.80. The molecule has 0 aromatic heterocycles. The zero-order valence-electron chi connectivity index (χ0n) is 14.6. The first-order valence-corrected chi connectivity index (χ1v) is 8.57. The lowest BCUT2D eigenvalue weighted by Crippen LogP contribution is -2.25. The van der Waals surface area contributed by atoms with E-state index in [9.17, 15) is 4.39 Å². The van der Waals surface area contributed by atoms with Crippen molar-refractivity contribution in [2.45, 2.75) is 38.2 Å². The molecule has 132 valence electrons. The number of nitrogens with one attached hydrogen (secondary N) is 1. The van der Waals surface area contributed by atoms with Gasteiger partial charge in [-0.2, -0.15) is 0 Å². The van der Waals surface area contributed by atoms with Crippen LogP contribution < -0.4 is 15.8 Å². The van der Waals surface area contributed by atoms with Gasteiger partial charge in [-0.3, -0.25) is 4.99 Å². The lowest BCUT2D eigenvalue weighted by Gasteiger charge is -2.14. The number of halogens is 1. The summed E-state index contributed by atoms with van der Waals surface area (Å²) in [5.41, 5.74) is 8.01. The molecule has 3 N–H and O–H groups in total. The van der Waals surface area contributed by atoms with E-state index in [0.29, 0.717) is 12.5 Å². The summed E-state index contributed by atoms with van der Waals surface area (Å²) in [4.78, 5) is 4.48. The monoisotopic (exact) mass is 341 g/mol. The highest BCUT2D eigenvalue weighted by Crippen LogP contribution is 2.48. The summed E-state index contributed by atoms with van der Waals surface area (Å²) in [5, 5.41) is 3.10. The molecule has 25 heavy (non-hydrogen) atoms. The number of ether oxygens (including phenoxy) is 1. The molecule has 0 amide bonds. The first-order valence-electron chi connectivity index (χ1n) is 8.57. The zero-order chi connectivity index (χ0) is 17.9. The van der Waals surface area contributed by atoms with Crippen LogP contribution in [0, 0.1) is 5.82 Å². The van der Waals surface area contributed by atoms with Gasteiger partial charge in [0.1, 0.15) is 11.6 Å². The molecule has 0 atom stereocenters. The third-order valence-corrected chi connectivity index (χ3v) is 4.36. The molecule has 0 unspecified atom stereocenters. The summed E-state index contributed by atoms with van der Waals surface area (Å²) < 4.78 is 18.7. The van der Waals surface area contributed by atoms with Crippen molar-refractivity contribution in [1.29, 1.82) is 0 Å². The van der Waals surface area contributed by atoms with E-state index in [1.807, 2.05) is 50.2 Å². The fourth-order valence-corrected chi connectivity index (χ4v) is 2.81. The average molecular weight is 341 g/mol. The Morgan fingerprint density at radius 3 is 2.36 bits per heavy atom. The molecular formula is C20H24FN3O. The van der Waals surface area contributed by atoms with Gasteiger partial charge in [0.05, 0.1) is 12.6 Å². The number of guanidine groups is 1. The van der Waals surface area contributed by atoms with Gasteiger partial charge in [-0.15, -0.1) is 0 Å². The Bertz CT molecular complexity index is 735. The quantitative estimate of drug-likeness (QED) is 0.615. The van der Waals surface area contributed by atoms with Crippen molar-refractivity contribution in [3.8, 4) is 5.75 Å². The molecule has 2 aromatic carbocycles. The Kier molecular flexibility index (Phi) is 4.93. The van der Waals surface area contributed by atoms with Crippen LogP contribution in [-0.4, -0.2) is 18.6 Å². The minimum absolute atomic E-state index is 0.00889. The molecule has 5 heteroatoms. The zero-order valence-corrected chi connectivity index (χ0v) is 14.6. The molecule has 1 aliphatic rings. The molecule has 0 radical (unpaired) electrons. The fourth-order valence-electron chi connectivity index (χ4n) is 2.81. The minimum Gasteiger partial charge on any atom is -0.491 e. The Balaban J connectivity index is 1.59. The molecular weight excluding hydrogens is 317 g/mol. The Hall–Kier alpha value is -2.56. The number of rotatable bonds is 6. The minimum atomic E-state index is -0.214. The third kappa shape index (κ3) is 4.50. The van der Waals surface area contributed by atoms with E-state index < -0.39 is 0 Å². The molecule has 1 aliphatic carbocycles. The number of nitrogens with two attached hydrogens (primary N) is 1. The highest BCUT2D eigenvalue weighted by Gasteiger charge is 2.44. The maximum Gasteiger partial charge on any atom is 0.193 e. The molecule has 1 saturated carbocycles. The van der Waals surface area contributed by atoms with Gasteiger partial charge in [0.15, 0.2) is 5.96 Å². The second-order valence-corrected chi connectivity index (χ2v) is 6.80. The van der Waals surface area contributed by atoms with Crippen molar-refractivity contribution < 1.29 is 9.13 Å². The largest absolute Gasteiger partial charge is 0.491 e. The number of benzene rings is 2. The van der Waals surface area contributed by atoms with E-state index >= 15 is 0 Å². The standard InChI is InChI=1S/C20H24FN3O/c1-14(2)25-18-9-7-17(8-10-18)24-19(22)23-13-20(11-12-20)15-3-5-16(21)6-4-15/h3-10,14H,11-13H2,1-2H3,(H3,22,23,24). The van der Waals surface area contributed by atoms with E-state index in [0.717, 1.165) is 29.8 Å². The van der Waals surface area contributed by atoms with Crippen molar-refractivity contribution in [2.24, 2.45) is 10.7 Å². The summed E-state index contributed by atoms with van der Waals surface area (Å²) in [5.74, 6) is 0.990. The van der Waals surface area contributed by atoms with Crippen LogP contribution in [0.3, 0.4) is 0 Å². The lowest BCUT2D eigenvalue weighted by atomic mass is 9.96. The maximum absolute atomic E-state index is 13.1. The molecule has 0 bridgehead atoms. The van der Waals surface area contributed by atoms with Crippen molar-refractivity contribution in [1.82, 2.24) is 0 Å². The Labute approximate surface area is 147 Å². The number of anilines is 1. The molecule has 0 heterocycles. The first kappa shape index (κ1) is 17.3. The number of hydrogen-bond acceptors (Lipinski definition) is 2. The SMILES string of the molecule is CC(C)Oc1ccc(NC(N)=NCC2(c3ccc(F)cc3)CC2)cc1. The van der Waals surface area contributed by atoms with Crippen molar-refractivity contribution in [3.63, 3.8) is 0 Å². The maximum atomic E-state index is 13.1. The normalized spacial score (nSPS) is 15.9. The first-order chi connectivity index (χ1) is 12.0. The van der Waals surface area contributed by atoms with Gasteiger partial charge in [0.25, 0.3) is 0 Å². The summed E-state index contributed by atoms with van der Waals surface area (Å²) in [6, 6.07) is 14.3.